The smallest absolute Gasteiger partial charge is 0.202 e. The maximum absolute atomic E-state index is 6.81. The van der Waals surface area contributed by atoms with Gasteiger partial charge >= 0.3 is 0 Å². The number of rotatable bonds is 4. The minimum absolute atomic E-state index is 0.571. The lowest BCUT2D eigenvalue weighted by Crippen LogP contribution is -2.45. The van der Waals surface area contributed by atoms with Crippen LogP contribution in [-0.2, 0) is 5.66 Å². The molecule has 2 aliphatic heterocycles. The number of methoxy groups -OCH3 is 1. The summed E-state index contributed by atoms with van der Waals surface area (Å²) in [4.78, 5) is 9.54. The lowest BCUT2D eigenvalue weighted by atomic mass is 9.92. The number of nitrogens with one attached hydrogen (secondary N) is 3. The van der Waals surface area contributed by atoms with Crippen LogP contribution >= 0.6 is 0 Å². The molecule has 33 heavy (non-hydrogen) atoms. The summed E-state index contributed by atoms with van der Waals surface area (Å²) in [6.07, 6.45) is 3.69. The molecule has 0 radical (unpaired) electrons. The Bertz CT molecular complexity index is 1220. The van der Waals surface area contributed by atoms with Crippen molar-refractivity contribution in [1.29, 1.82) is 0 Å². The van der Waals surface area contributed by atoms with E-state index in [1.165, 1.54) is 0 Å². The summed E-state index contributed by atoms with van der Waals surface area (Å²) in [6.45, 7) is 6.01. The van der Waals surface area contributed by atoms with Crippen LogP contribution in [0.5, 0.6) is 5.75 Å². The van der Waals surface area contributed by atoms with E-state index in [0.29, 0.717) is 5.96 Å². The van der Waals surface area contributed by atoms with Crippen molar-refractivity contribution in [3.8, 4) is 5.75 Å². The average Bonchev–Trinajstić information content (AvgIpc) is 3.30. The number of likely N-dealkylation sites (N-methyl/N-ethyl adjacent to an activating group) is 1. The molecule has 5 N–H and O–H groups in total. The first-order valence-corrected chi connectivity index (χ1v) is 11.1. The lowest BCUT2D eigenvalue weighted by Gasteiger charge is -2.35. The average molecular weight is 447 g/mol. The van der Waals surface area contributed by atoms with Gasteiger partial charge in [0.15, 0.2) is 5.66 Å². The molecule has 1 aromatic heterocycles. The molecule has 0 aliphatic carbocycles. The molecule has 1 atom stereocenters. The first-order valence-electron chi connectivity index (χ1n) is 11.1. The van der Waals surface area contributed by atoms with Crippen LogP contribution in [-0.4, -0.2) is 61.4 Å². The Kier molecular flexibility index (Phi) is 5.43. The number of aromatic nitrogens is 2. The minimum Gasteiger partial charge on any atom is -0.495 e. The van der Waals surface area contributed by atoms with Crippen LogP contribution in [0.1, 0.15) is 12.5 Å². The molecular weight excluding hydrogens is 416 g/mol. The summed E-state index contributed by atoms with van der Waals surface area (Å²) in [7, 11) is 3.86. The van der Waals surface area contributed by atoms with E-state index in [0.717, 1.165) is 65.3 Å². The maximum atomic E-state index is 6.81. The van der Waals surface area contributed by atoms with Crippen LogP contribution in [0.15, 0.2) is 59.4 Å². The van der Waals surface area contributed by atoms with Crippen molar-refractivity contribution < 1.29 is 4.74 Å². The van der Waals surface area contributed by atoms with Crippen molar-refractivity contribution in [2.45, 2.75) is 12.6 Å². The fraction of sp³-hybridized carbons (Fsp3) is 0.333. The highest BCUT2D eigenvalue weighted by Gasteiger charge is 2.32. The van der Waals surface area contributed by atoms with E-state index in [-0.39, 0.29) is 0 Å². The number of anilines is 2. The number of H-pyrrole nitrogens is 1. The predicted molar refractivity (Wildman–Crippen MR) is 133 cm³/mol. The molecule has 0 saturated carbocycles. The van der Waals surface area contributed by atoms with E-state index in [1.54, 1.807) is 13.3 Å². The van der Waals surface area contributed by atoms with Crippen LogP contribution in [0, 0.1) is 0 Å². The Morgan fingerprint density at radius 3 is 2.73 bits per heavy atom. The number of nitrogens with zero attached hydrogens (tertiary/aromatic N) is 4. The molecule has 1 saturated heterocycles. The van der Waals surface area contributed by atoms with E-state index >= 15 is 0 Å². The third-order valence-corrected chi connectivity index (χ3v) is 6.48. The van der Waals surface area contributed by atoms with Gasteiger partial charge in [-0.25, -0.2) is 4.99 Å². The number of benzene rings is 2. The van der Waals surface area contributed by atoms with E-state index < -0.39 is 5.66 Å². The largest absolute Gasteiger partial charge is 0.495 e. The molecule has 9 heteroatoms. The monoisotopic (exact) mass is 446 g/mol. The molecule has 0 amide bonds. The topological polar surface area (TPSA) is 107 Å². The summed E-state index contributed by atoms with van der Waals surface area (Å²) in [5.74, 6) is 1.40. The van der Waals surface area contributed by atoms with Gasteiger partial charge in [0, 0.05) is 55.1 Å². The number of ether oxygens (including phenoxy) is 1. The maximum Gasteiger partial charge on any atom is 0.202 e. The summed E-state index contributed by atoms with van der Waals surface area (Å²) in [5, 5.41) is 14.7. The van der Waals surface area contributed by atoms with Gasteiger partial charge in [0.05, 0.1) is 24.5 Å². The van der Waals surface area contributed by atoms with Gasteiger partial charge in [-0.2, -0.15) is 5.10 Å². The van der Waals surface area contributed by atoms with Crippen molar-refractivity contribution in [3.05, 3.63) is 59.9 Å². The zero-order valence-electron chi connectivity index (χ0n) is 19.2. The van der Waals surface area contributed by atoms with Gasteiger partial charge in [0.2, 0.25) is 5.96 Å². The second kappa shape index (κ2) is 8.42. The molecular formula is C24H30N8O. The molecule has 1 fully saturated rings. The van der Waals surface area contributed by atoms with Gasteiger partial charge in [-0.15, -0.1) is 0 Å². The van der Waals surface area contributed by atoms with E-state index in [2.05, 4.69) is 43.7 Å². The van der Waals surface area contributed by atoms with E-state index in [1.807, 2.05) is 43.5 Å². The number of aliphatic imine (C=N–C) groups is 1. The highest BCUT2D eigenvalue weighted by atomic mass is 16.5. The number of fused-ring (bicyclic) bond motifs is 1. The Labute approximate surface area is 193 Å². The molecule has 0 spiro atoms. The van der Waals surface area contributed by atoms with Crippen molar-refractivity contribution in [3.63, 3.8) is 0 Å². The molecule has 3 heterocycles. The zero-order chi connectivity index (χ0) is 23.0. The van der Waals surface area contributed by atoms with Crippen molar-refractivity contribution >= 4 is 28.2 Å². The fourth-order valence-electron chi connectivity index (χ4n) is 4.31. The van der Waals surface area contributed by atoms with E-state index in [9.17, 15) is 0 Å². The Morgan fingerprint density at radius 2 is 1.94 bits per heavy atom. The van der Waals surface area contributed by atoms with Crippen molar-refractivity contribution in [2.24, 2.45) is 10.7 Å². The number of nitrogens with two attached hydrogens (primary N) is 1. The van der Waals surface area contributed by atoms with Gasteiger partial charge in [-0.1, -0.05) is 12.1 Å². The Morgan fingerprint density at radius 1 is 1.12 bits per heavy atom. The molecule has 2 aromatic carbocycles. The van der Waals surface area contributed by atoms with Crippen molar-refractivity contribution in [1.82, 2.24) is 20.4 Å². The molecule has 3 aromatic rings. The normalized spacial score (nSPS) is 21.4. The fourth-order valence-corrected chi connectivity index (χ4v) is 4.31. The summed E-state index contributed by atoms with van der Waals surface area (Å²) >= 11 is 0. The van der Waals surface area contributed by atoms with Gasteiger partial charge < -0.3 is 25.2 Å². The Balaban J connectivity index is 1.40. The highest BCUT2D eigenvalue weighted by molar-refractivity contribution is 5.96. The highest BCUT2D eigenvalue weighted by Crippen LogP contribution is 2.34. The quantitative estimate of drug-likeness (QED) is 0.488. The first-order chi connectivity index (χ1) is 16.0. The molecule has 2 aliphatic rings. The zero-order valence-corrected chi connectivity index (χ0v) is 19.2. The van der Waals surface area contributed by atoms with Gasteiger partial charge in [0.1, 0.15) is 5.75 Å². The van der Waals surface area contributed by atoms with Gasteiger partial charge in [-0.3, -0.25) is 10.8 Å². The molecule has 9 nitrogen and oxygen atoms in total. The molecule has 172 valence electrons. The number of hydrogen-bond acceptors (Lipinski definition) is 8. The second-order valence-electron chi connectivity index (χ2n) is 8.67. The number of guanidine groups is 1. The first kappa shape index (κ1) is 21.3. The Hall–Kier alpha value is -3.56. The third kappa shape index (κ3) is 4.01. The van der Waals surface area contributed by atoms with Crippen LogP contribution < -0.4 is 26.0 Å². The number of aromatic amines is 1. The summed E-state index contributed by atoms with van der Waals surface area (Å²) in [6, 6.07) is 12.1. The second-order valence-corrected chi connectivity index (χ2v) is 8.67. The third-order valence-electron chi connectivity index (χ3n) is 6.48. The van der Waals surface area contributed by atoms with Crippen molar-refractivity contribution in [2.75, 3.05) is 50.6 Å². The van der Waals surface area contributed by atoms with Crippen LogP contribution in [0.25, 0.3) is 10.9 Å². The molecule has 1 unspecified atom stereocenters. The number of hydrogen-bond donors (Lipinski definition) is 4. The SMILES string of the molecule is COc1cc(NC2=NC(N)(c3ccc4cn[nH]c4c3)C(C)=CN2)ccc1N1CCN(C)CC1. The number of piperazine rings is 1. The minimum atomic E-state index is -0.989. The van der Waals surface area contributed by atoms with Crippen LogP contribution in [0.2, 0.25) is 0 Å². The summed E-state index contributed by atoms with van der Waals surface area (Å²) < 4.78 is 5.71. The van der Waals surface area contributed by atoms with Crippen LogP contribution in [0.4, 0.5) is 11.4 Å². The lowest BCUT2D eigenvalue weighted by molar-refractivity contribution is 0.311. The van der Waals surface area contributed by atoms with Gasteiger partial charge in [0.25, 0.3) is 0 Å². The standard InChI is InChI=1S/C24H30N8O/c1-16-14-26-23(29-24(16,25)18-5-4-17-15-27-30-20(17)12-18)28-19-6-7-21(22(13-19)33-3)32-10-8-31(2)9-11-32/h4-7,12-15H,8-11,25H2,1-3H3,(H,27,30)(H2,26,28,29). The summed E-state index contributed by atoms with van der Waals surface area (Å²) in [5.41, 5.74) is 10.5. The van der Waals surface area contributed by atoms with Crippen LogP contribution in [0.3, 0.4) is 0 Å². The molecule has 0 bridgehead atoms. The molecule has 5 rings (SSSR count). The predicted octanol–water partition coefficient (Wildman–Crippen LogP) is 2.41. The van der Waals surface area contributed by atoms with Gasteiger partial charge in [-0.05, 0) is 37.7 Å². The van der Waals surface area contributed by atoms with E-state index in [4.69, 9.17) is 15.5 Å².